The molecule has 0 radical (unpaired) electrons. The molecular weight excluding hydrogens is 427 g/mol. The van der Waals surface area contributed by atoms with Crippen LogP contribution >= 0.6 is 23.2 Å². The fraction of sp³-hybridized carbons (Fsp3) is 0.0455. The van der Waals surface area contributed by atoms with E-state index in [1.807, 2.05) is 0 Å². The maximum absolute atomic E-state index is 12.8. The second kappa shape index (κ2) is 7.82. The molecule has 1 aliphatic rings. The van der Waals surface area contributed by atoms with Gasteiger partial charge < -0.3 is 9.52 Å². The molecule has 30 heavy (non-hydrogen) atoms. The molecule has 2 amide bonds. The van der Waals surface area contributed by atoms with Gasteiger partial charge in [-0.15, -0.1) is 0 Å². The number of phenolic OH excluding ortho intramolecular Hbond substituents is 1. The molecule has 8 heteroatoms. The molecule has 1 N–H and O–H groups in total. The SMILES string of the molecule is CC1=NN(C(=O)c2ccccc2O)C(=O)/C1=C\c1ccc(-c2ccc(Cl)cc2Cl)o1. The molecule has 0 atom stereocenters. The minimum Gasteiger partial charge on any atom is -0.507 e. The van der Waals surface area contributed by atoms with Gasteiger partial charge in [0, 0.05) is 10.6 Å². The Labute approximate surface area is 181 Å². The standard InChI is InChI=1S/C22H14Cl2N2O4/c1-12-17(22(29)26(25-12)21(28)16-4-2-3-5-19(16)27)11-14-7-9-20(30-14)15-8-6-13(23)10-18(15)24/h2-11,27H,1H3/b17-11-. The van der Waals surface area contributed by atoms with Gasteiger partial charge in [-0.3, -0.25) is 9.59 Å². The van der Waals surface area contributed by atoms with Gasteiger partial charge in [-0.25, -0.2) is 0 Å². The van der Waals surface area contributed by atoms with Crippen molar-refractivity contribution in [2.75, 3.05) is 0 Å². The molecule has 3 aromatic rings. The summed E-state index contributed by atoms with van der Waals surface area (Å²) in [5.41, 5.74) is 1.21. The number of benzene rings is 2. The second-order valence-corrected chi connectivity index (χ2v) is 7.35. The van der Waals surface area contributed by atoms with Gasteiger partial charge in [0.15, 0.2) is 0 Å². The van der Waals surface area contributed by atoms with E-state index in [2.05, 4.69) is 5.10 Å². The average Bonchev–Trinajstić information content (AvgIpc) is 3.28. The highest BCUT2D eigenvalue weighted by Crippen LogP contribution is 2.32. The largest absolute Gasteiger partial charge is 0.507 e. The van der Waals surface area contributed by atoms with E-state index in [-0.39, 0.29) is 16.9 Å². The lowest BCUT2D eigenvalue weighted by Crippen LogP contribution is -2.29. The number of aromatic hydroxyl groups is 1. The number of amides is 2. The maximum atomic E-state index is 12.8. The molecule has 4 rings (SSSR count). The van der Waals surface area contributed by atoms with Crippen LogP contribution in [-0.4, -0.2) is 27.6 Å². The number of nitrogens with zero attached hydrogens (tertiary/aromatic N) is 2. The summed E-state index contributed by atoms with van der Waals surface area (Å²) in [6, 6.07) is 14.4. The van der Waals surface area contributed by atoms with Crippen molar-refractivity contribution < 1.29 is 19.1 Å². The molecule has 1 aliphatic heterocycles. The predicted molar refractivity (Wildman–Crippen MR) is 115 cm³/mol. The summed E-state index contributed by atoms with van der Waals surface area (Å²) < 4.78 is 5.79. The third kappa shape index (κ3) is 3.63. The van der Waals surface area contributed by atoms with Gasteiger partial charge in [0.05, 0.1) is 21.9 Å². The lowest BCUT2D eigenvalue weighted by molar-refractivity contribution is -0.123. The Bertz CT molecular complexity index is 1240. The van der Waals surface area contributed by atoms with Gasteiger partial charge in [-0.05, 0) is 55.5 Å². The minimum atomic E-state index is -0.714. The van der Waals surface area contributed by atoms with Gasteiger partial charge in [0.1, 0.15) is 17.3 Å². The van der Waals surface area contributed by atoms with E-state index in [4.69, 9.17) is 27.6 Å². The van der Waals surface area contributed by atoms with Crippen LogP contribution in [0.15, 0.2) is 69.7 Å². The highest BCUT2D eigenvalue weighted by molar-refractivity contribution is 6.36. The number of halogens is 2. The van der Waals surface area contributed by atoms with Crippen LogP contribution in [0, 0.1) is 0 Å². The van der Waals surface area contributed by atoms with Gasteiger partial charge in [0.25, 0.3) is 11.8 Å². The number of hydrazone groups is 1. The molecule has 0 saturated carbocycles. The zero-order valence-corrected chi connectivity index (χ0v) is 17.1. The number of imide groups is 1. The predicted octanol–water partition coefficient (Wildman–Crippen LogP) is 5.40. The molecule has 0 fully saturated rings. The molecule has 6 nitrogen and oxygen atoms in total. The van der Waals surface area contributed by atoms with Gasteiger partial charge in [-0.1, -0.05) is 35.3 Å². The van der Waals surface area contributed by atoms with Crippen molar-refractivity contribution in [1.82, 2.24) is 5.01 Å². The summed E-state index contributed by atoms with van der Waals surface area (Å²) >= 11 is 12.1. The molecule has 0 spiro atoms. The smallest absolute Gasteiger partial charge is 0.285 e. The average molecular weight is 441 g/mol. The monoisotopic (exact) mass is 440 g/mol. The first kappa shape index (κ1) is 19.9. The number of furan rings is 1. The first-order valence-electron chi connectivity index (χ1n) is 8.84. The van der Waals surface area contributed by atoms with Crippen molar-refractivity contribution >= 4 is 46.8 Å². The van der Waals surface area contributed by atoms with Crippen LogP contribution in [0.3, 0.4) is 0 Å². The number of carbonyl (C=O) groups excluding carboxylic acids is 2. The fourth-order valence-electron chi connectivity index (χ4n) is 3.00. The third-order valence-electron chi connectivity index (χ3n) is 4.50. The lowest BCUT2D eigenvalue weighted by atomic mass is 10.1. The molecule has 0 unspecified atom stereocenters. The Morgan fingerprint density at radius 1 is 1.13 bits per heavy atom. The fourth-order valence-corrected chi connectivity index (χ4v) is 3.50. The maximum Gasteiger partial charge on any atom is 0.285 e. The number of phenols is 1. The quantitative estimate of drug-likeness (QED) is 0.436. The first-order chi connectivity index (χ1) is 14.3. The molecule has 0 bridgehead atoms. The van der Waals surface area contributed by atoms with Crippen molar-refractivity contribution in [2.45, 2.75) is 6.92 Å². The molecule has 150 valence electrons. The van der Waals surface area contributed by atoms with E-state index in [1.165, 1.54) is 18.2 Å². The molecular formula is C22H14Cl2N2O4. The molecule has 2 heterocycles. The van der Waals surface area contributed by atoms with E-state index >= 15 is 0 Å². The van der Waals surface area contributed by atoms with Crippen LogP contribution in [0.1, 0.15) is 23.0 Å². The van der Waals surface area contributed by atoms with Gasteiger partial charge in [-0.2, -0.15) is 10.1 Å². The summed E-state index contributed by atoms with van der Waals surface area (Å²) in [6.07, 6.45) is 1.51. The highest BCUT2D eigenvalue weighted by atomic mass is 35.5. The Kier molecular flexibility index (Phi) is 5.20. The number of para-hydroxylation sites is 1. The van der Waals surface area contributed by atoms with Gasteiger partial charge >= 0.3 is 0 Å². The number of rotatable bonds is 3. The van der Waals surface area contributed by atoms with Crippen LogP contribution < -0.4 is 0 Å². The van der Waals surface area contributed by atoms with Crippen LogP contribution in [0.2, 0.25) is 10.0 Å². The van der Waals surface area contributed by atoms with E-state index in [9.17, 15) is 14.7 Å². The topological polar surface area (TPSA) is 83.1 Å². The summed E-state index contributed by atoms with van der Waals surface area (Å²) in [7, 11) is 0. The van der Waals surface area contributed by atoms with E-state index in [0.29, 0.717) is 32.8 Å². The molecule has 0 aliphatic carbocycles. The van der Waals surface area contributed by atoms with Crippen LogP contribution in [0.4, 0.5) is 0 Å². The number of hydrogen-bond acceptors (Lipinski definition) is 5. The van der Waals surface area contributed by atoms with Crippen molar-refractivity contribution in [2.24, 2.45) is 5.10 Å². The van der Waals surface area contributed by atoms with E-state index in [0.717, 1.165) is 5.01 Å². The Morgan fingerprint density at radius 3 is 2.63 bits per heavy atom. The van der Waals surface area contributed by atoms with Crippen molar-refractivity contribution in [3.05, 3.63) is 81.5 Å². The van der Waals surface area contributed by atoms with Crippen LogP contribution in [0.5, 0.6) is 5.75 Å². The summed E-state index contributed by atoms with van der Waals surface area (Å²) in [6.45, 7) is 1.61. The van der Waals surface area contributed by atoms with Crippen molar-refractivity contribution in [3.63, 3.8) is 0 Å². The summed E-state index contributed by atoms with van der Waals surface area (Å²) in [5, 5.41) is 15.6. The van der Waals surface area contributed by atoms with E-state index < -0.39 is 11.8 Å². The normalized spacial score (nSPS) is 15.0. The first-order valence-corrected chi connectivity index (χ1v) is 9.60. The molecule has 0 saturated heterocycles. The minimum absolute atomic E-state index is 0.0127. The summed E-state index contributed by atoms with van der Waals surface area (Å²) in [4.78, 5) is 25.4. The Hall–Kier alpha value is -3.35. The Morgan fingerprint density at radius 2 is 1.90 bits per heavy atom. The molecule has 1 aromatic heterocycles. The van der Waals surface area contributed by atoms with Gasteiger partial charge in [0.2, 0.25) is 0 Å². The van der Waals surface area contributed by atoms with Crippen molar-refractivity contribution in [3.8, 4) is 17.1 Å². The van der Waals surface area contributed by atoms with Crippen LogP contribution in [-0.2, 0) is 4.79 Å². The zero-order chi connectivity index (χ0) is 21.4. The third-order valence-corrected chi connectivity index (χ3v) is 5.05. The van der Waals surface area contributed by atoms with E-state index in [1.54, 1.807) is 49.4 Å². The highest BCUT2D eigenvalue weighted by Gasteiger charge is 2.34. The Balaban J connectivity index is 1.62. The molecule has 2 aromatic carbocycles. The zero-order valence-electron chi connectivity index (χ0n) is 15.6. The summed E-state index contributed by atoms with van der Waals surface area (Å²) in [5.74, 6) is -0.648. The lowest BCUT2D eigenvalue weighted by Gasteiger charge is -2.10. The number of carbonyl (C=O) groups is 2. The second-order valence-electron chi connectivity index (χ2n) is 6.51. The number of hydrogen-bond donors (Lipinski definition) is 1. The van der Waals surface area contributed by atoms with Crippen molar-refractivity contribution in [1.29, 1.82) is 0 Å². The van der Waals surface area contributed by atoms with Crippen LogP contribution in [0.25, 0.3) is 17.4 Å².